The van der Waals surface area contributed by atoms with Crippen LogP contribution in [0.1, 0.15) is 34.6 Å². The molecular formula is C24H28N4O2S. The van der Waals surface area contributed by atoms with Crippen molar-refractivity contribution in [3.63, 3.8) is 0 Å². The summed E-state index contributed by atoms with van der Waals surface area (Å²) >= 11 is 1.75. The number of thiophene rings is 1. The van der Waals surface area contributed by atoms with Gasteiger partial charge >= 0.3 is 0 Å². The lowest BCUT2D eigenvalue weighted by atomic mass is 10.1. The molecule has 0 aliphatic carbocycles. The molecule has 0 radical (unpaired) electrons. The zero-order chi connectivity index (χ0) is 22.1. The van der Waals surface area contributed by atoms with Crippen molar-refractivity contribution in [1.82, 2.24) is 5.32 Å². The van der Waals surface area contributed by atoms with E-state index in [0.29, 0.717) is 18.1 Å². The minimum absolute atomic E-state index is 0.135. The van der Waals surface area contributed by atoms with Crippen molar-refractivity contribution in [2.24, 2.45) is 10.7 Å². The van der Waals surface area contributed by atoms with Gasteiger partial charge in [0.2, 0.25) is 5.91 Å². The number of aliphatic imine (C=N–C) groups is 1. The number of primary amides is 1. The lowest BCUT2D eigenvalue weighted by molar-refractivity contribution is 0.100. The van der Waals surface area contributed by atoms with Gasteiger partial charge in [0.25, 0.3) is 0 Å². The molecule has 0 bridgehead atoms. The van der Waals surface area contributed by atoms with E-state index < -0.39 is 5.91 Å². The van der Waals surface area contributed by atoms with Gasteiger partial charge < -0.3 is 21.1 Å². The number of ether oxygens (including phenoxy) is 1. The highest BCUT2D eigenvalue weighted by atomic mass is 32.1. The maximum absolute atomic E-state index is 11.2. The third-order valence-corrected chi connectivity index (χ3v) is 5.33. The van der Waals surface area contributed by atoms with Gasteiger partial charge in [0.05, 0.1) is 12.6 Å². The van der Waals surface area contributed by atoms with Crippen molar-refractivity contribution >= 4 is 28.9 Å². The zero-order valence-corrected chi connectivity index (χ0v) is 18.6. The van der Waals surface area contributed by atoms with E-state index in [0.717, 1.165) is 30.0 Å². The van der Waals surface area contributed by atoms with E-state index in [1.807, 2.05) is 50.2 Å². The molecule has 0 saturated heterocycles. The van der Waals surface area contributed by atoms with E-state index in [1.165, 1.54) is 4.88 Å². The first-order valence-electron chi connectivity index (χ1n) is 10.2. The molecule has 0 aliphatic rings. The predicted octanol–water partition coefficient (Wildman–Crippen LogP) is 4.43. The molecule has 3 rings (SSSR count). The maximum Gasteiger partial charge on any atom is 0.248 e. The summed E-state index contributed by atoms with van der Waals surface area (Å²) in [7, 11) is 0. The Morgan fingerprint density at radius 1 is 1.10 bits per heavy atom. The molecule has 1 amide bonds. The number of hydrogen-bond acceptors (Lipinski definition) is 4. The molecule has 162 valence electrons. The molecule has 0 spiro atoms. The number of nitrogens with one attached hydrogen (secondary N) is 2. The molecule has 31 heavy (non-hydrogen) atoms. The molecule has 1 aromatic heterocycles. The number of benzene rings is 2. The van der Waals surface area contributed by atoms with Crippen LogP contribution in [0.4, 0.5) is 5.69 Å². The molecule has 6 nitrogen and oxygen atoms in total. The highest BCUT2D eigenvalue weighted by Gasteiger charge is 2.04. The Balaban J connectivity index is 1.66. The smallest absolute Gasteiger partial charge is 0.248 e. The van der Waals surface area contributed by atoms with Gasteiger partial charge in [-0.3, -0.25) is 4.79 Å². The highest BCUT2D eigenvalue weighted by molar-refractivity contribution is 7.09. The molecule has 0 aliphatic heterocycles. The summed E-state index contributed by atoms with van der Waals surface area (Å²) in [6.45, 7) is 5.25. The number of rotatable bonds is 9. The molecule has 0 atom stereocenters. The Kier molecular flexibility index (Phi) is 8.06. The van der Waals surface area contributed by atoms with Crippen LogP contribution in [0.15, 0.2) is 71.0 Å². The van der Waals surface area contributed by atoms with E-state index in [4.69, 9.17) is 15.5 Å². The van der Waals surface area contributed by atoms with Gasteiger partial charge in [-0.25, -0.2) is 4.99 Å². The van der Waals surface area contributed by atoms with Gasteiger partial charge in [-0.2, -0.15) is 0 Å². The van der Waals surface area contributed by atoms with Gasteiger partial charge in [0.1, 0.15) is 5.75 Å². The standard InChI is InChI=1S/C24H28N4O2S/c1-17(2)30-21-11-9-20(10-12-21)28-24(26-14-13-22-4-3-15-31-22)27-16-18-5-7-19(8-6-18)23(25)29/h3-12,15,17H,13-14,16H2,1-2H3,(H2,25,29)(H2,26,27,28). The molecule has 2 aromatic carbocycles. The molecule has 1 heterocycles. The third-order valence-electron chi connectivity index (χ3n) is 4.39. The topological polar surface area (TPSA) is 88.7 Å². The first-order chi connectivity index (χ1) is 15.0. The number of amides is 1. The van der Waals surface area contributed by atoms with Crippen LogP contribution >= 0.6 is 11.3 Å². The molecule has 0 saturated carbocycles. The highest BCUT2D eigenvalue weighted by Crippen LogP contribution is 2.17. The number of carbonyl (C=O) groups excluding carboxylic acids is 1. The van der Waals surface area contributed by atoms with Crippen molar-refractivity contribution in [2.45, 2.75) is 32.9 Å². The SMILES string of the molecule is CC(C)Oc1ccc(NC(=NCc2ccc(C(N)=O)cc2)NCCc2cccs2)cc1. The van der Waals surface area contributed by atoms with Crippen molar-refractivity contribution in [3.05, 3.63) is 82.0 Å². The number of guanidine groups is 1. The van der Waals surface area contributed by atoms with Crippen LogP contribution in [0.5, 0.6) is 5.75 Å². The van der Waals surface area contributed by atoms with Crippen LogP contribution in [0.3, 0.4) is 0 Å². The minimum atomic E-state index is -0.433. The van der Waals surface area contributed by atoms with Crippen LogP contribution in [-0.4, -0.2) is 24.5 Å². The summed E-state index contributed by atoms with van der Waals surface area (Å²) in [6.07, 6.45) is 1.06. The van der Waals surface area contributed by atoms with Crippen molar-refractivity contribution in [3.8, 4) is 5.75 Å². The van der Waals surface area contributed by atoms with E-state index in [9.17, 15) is 4.79 Å². The van der Waals surface area contributed by atoms with Crippen LogP contribution in [0.2, 0.25) is 0 Å². The largest absolute Gasteiger partial charge is 0.491 e. The number of hydrogen-bond donors (Lipinski definition) is 3. The van der Waals surface area contributed by atoms with Crippen LogP contribution in [0.25, 0.3) is 0 Å². The van der Waals surface area contributed by atoms with Gasteiger partial charge in [-0.1, -0.05) is 18.2 Å². The van der Waals surface area contributed by atoms with E-state index in [1.54, 1.807) is 23.5 Å². The first kappa shape index (κ1) is 22.4. The van der Waals surface area contributed by atoms with Crippen molar-refractivity contribution in [2.75, 3.05) is 11.9 Å². The average molecular weight is 437 g/mol. The van der Waals surface area contributed by atoms with Crippen LogP contribution in [-0.2, 0) is 13.0 Å². The minimum Gasteiger partial charge on any atom is -0.491 e. The van der Waals surface area contributed by atoms with Crippen molar-refractivity contribution in [1.29, 1.82) is 0 Å². The van der Waals surface area contributed by atoms with E-state index in [-0.39, 0.29) is 6.10 Å². The fourth-order valence-corrected chi connectivity index (χ4v) is 3.58. The molecule has 7 heteroatoms. The summed E-state index contributed by atoms with van der Waals surface area (Å²) < 4.78 is 5.71. The Morgan fingerprint density at radius 3 is 2.45 bits per heavy atom. The molecule has 0 unspecified atom stereocenters. The molecule has 3 aromatic rings. The quantitative estimate of drug-likeness (QED) is 0.342. The Morgan fingerprint density at radius 2 is 1.84 bits per heavy atom. The van der Waals surface area contributed by atoms with Crippen molar-refractivity contribution < 1.29 is 9.53 Å². The Hall–Kier alpha value is -3.32. The number of nitrogens with zero attached hydrogens (tertiary/aromatic N) is 1. The fourth-order valence-electron chi connectivity index (χ4n) is 2.87. The first-order valence-corrected chi connectivity index (χ1v) is 11.1. The van der Waals surface area contributed by atoms with E-state index in [2.05, 4.69) is 28.1 Å². The summed E-state index contributed by atoms with van der Waals surface area (Å²) in [5.74, 6) is 1.09. The van der Waals surface area contributed by atoms with Gasteiger partial charge in [-0.15, -0.1) is 11.3 Å². The summed E-state index contributed by atoms with van der Waals surface area (Å²) in [4.78, 5) is 17.3. The normalized spacial score (nSPS) is 11.4. The summed E-state index contributed by atoms with van der Waals surface area (Å²) in [5.41, 5.74) is 7.71. The Labute approximate surface area is 187 Å². The second kappa shape index (κ2) is 11.2. The Bertz CT molecular complexity index is 981. The maximum atomic E-state index is 11.2. The predicted molar refractivity (Wildman–Crippen MR) is 128 cm³/mol. The number of carbonyl (C=O) groups is 1. The third kappa shape index (κ3) is 7.46. The zero-order valence-electron chi connectivity index (χ0n) is 17.8. The van der Waals surface area contributed by atoms with Crippen LogP contribution < -0.4 is 21.1 Å². The molecular weight excluding hydrogens is 408 g/mol. The lowest BCUT2D eigenvalue weighted by Gasteiger charge is -2.14. The van der Waals surface area contributed by atoms with E-state index >= 15 is 0 Å². The van der Waals surface area contributed by atoms with Gasteiger partial charge in [0.15, 0.2) is 5.96 Å². The average Bonchev–Trinajstić information content (AvgIpc) is 3.26. The monoisotopic (exact) mass is 436 g/mol. The molecule has 0 fully saturated rings. The van der Waals surface area contributed by atoms with Gasteiger partial charge in [0, 0.05) is 22.7 Å². The number of anilines is 1. The summed E-state index contributed by atoms with van der Waals surface area (Å²) in [5, 5.41) is 8.83. The lowest BCUT2D eigenvalue weighted by Crippen LogP contribution is -2.32. The van der Waals surface area contributed by atoms with Crippen LogP contribution in [0, 0.1) is 0 Å². The number of nitrogens with two attached hydrogens (primary N) is 1. The van der Waals surface area contributed by atoms with Gasteiger partial charge in [-0.05, 0) is 73.7 Å². The molecule has 4 N–H and O–H groups in total. The second-order valence-corrected chi connectivity index (χ2v) is 8.33. The fraction of sp³-hybridized carbons (Fsp3) is 0.250. The second-order valence-electron chi connectivity index (χ2n) is 7.30. The summed E-state index contributed by atoms with van der Waals surface area (Å²) in [6, 6.07) is 19.2.